The lowest BCUT2D eigenvalue weighted by Crippen LogP contribution is -2.46. The fraction of sp³-hybridized carbons (Fsp3) is 0.344. The number of fused-ring (bicyclic) bond motifs is 3. The van der Waals surface area contributed by atoms with Crippen molar-refractivity contribution in [1.29, 1.82) is 0 Å². The van der Waals surface area contributed by atoms with E-state index in [1.807, 2.05) is 35.2 Å². The lowest BCUT2D eigenvalue weighted by molar-refractivity contribution is -0.127. The third-order valence-electron chi connectivity index (χ3n) is 8.88. The molecular weight excluding hydrogens is 486 g/mol. The highest BCUT2D eigenvalue weighted by Gasteiger charge is 2.51. The van der Waals surface area contributed by atoms with E-state index in [1.165, 1.54) is 24.0 Å². The van der Waals surface area contributed by atoms with Crippen LogP contribution in [0.1, 0.15) is 66.5 Å². The number of amides is 2. The molecule has 1 aromatic carbocycles. The first-order valence-electron chi connectivity index (χ1n) is 14.0. The topological polar surface area (TPSA) is 87.5 Å². The van der Waals surface area contributed by atoms with Crippen molar-refractivity contribution in [2.75, 3.05) is 11.9 Å². The van der Waals surface area contributed by atoms with E-state index < -0.39 is 11.1 Å². The van der Waals surface area contributed by atoms with Crippen molar-refractivity contribution in [2.45, 2.75) is 62.4 Å². The molecule has 3 aromatic rings. The van der Waals surface area contributed by atoms with Gasteiger partial charge in [0.1, 0.15) is 11.5 Å². The smallest absolute Gasteiger partial charge is 0.276 e. The molecule has 7 rings (SSSR count). The van der Waals surface area contributed by atoms with Gasteiger partial charge in [-0.25, -0.2) is 9.98 Å². The predicted molar refractivity (Wildman–Crippen MR) is 150 cm³/mol. The SMILES string of the molecule is O=C1C(c2ccccn2)=NC2(CCCCCC2)N1C/C=C/c1ccc2c(c1)CC1(C2)C(=O)Nc2ncccc21. The van der Waals surface area contributed by atoms with Crippen LogP contribution in [0.5, 0.6) is 0 Å². The summed E-state index contributed by atoms with van der Waals surface area (Å²) in [4.78, 5) is 42.5. The van der Waals surface area contributed by atoms with E-state index >= 15 is 0 Å². The van der Waals surface area contributed by atoms with Gasteiger partial charge in [-0.1, -0.05) is 55.3 Å². The van der Waals surface area contributed by atoms with Gasteiger partial charge in [-0.05, 0) is 73.4 Å². The summed E-state index contributed by atoms with van der Waals surface area (Å²) in [5.41, 5.74) is 4.56. The molecule has 2 aliphatic carbocycles. The van der Waals surface area contributed by atoms with Crippen LogP contribution in [0.2, 0.25) is 0 Å². The standard InChI is InChI=1S/C32H31N5O2/c38-29-27(26-11-3-6-16-33-26)36-32(14-4-1-2-5-15-32)37(29)18-8-9-22-12-13-23-20-31(21-24(23)19-22)25-10-7-17-34-28(25)35-30(31)39/h3,6-13,16-17,19H,1-2,4-5,14-15,18,20-21H2,(H,34,35,39)/b9-8+. The molecule has 2 spiro atoms. The van der Waals surface area contributed by atoms with Gasteiger partial charge in [-0.2, -0.15) is 0 Å². The monoisotopic (exact) mass is 517 g/mol. The number of carbonyl (C=O) groups excluding carboxylic acids is 2. The highest BCUT2D eigenvalue weighted by Crippen LogP contribution is 2.46. The summed E-state index contributed by atoms with van der Waals surface area (Å²) < 4.78 is 0. The first kappa shape index (κ1) is 23.9. The third-order valence-corrected chi connectivity index (χ3v) is 8.88. The van der Waals surface area contributed by atoms with Crippen molar-refractivity contribution in [1.82, 2.24) is 14.9 Å². The van der Waals surface area contributed by atoms with Crippen molar-refractivity contribution in [3.63, 3.8) is 0 Å². The molecule has 0 bridgehead atoms. The van der Waals surface area contributed by atoms with Gasteiger partial charge >= 0.3 is 0 Å². The van der Waals surface area contributed by atoms with E-state index in [2.05, 4.69) is 45.6 Å². The number of hydrogen-bond acceptors (Lipinski definition) is 5. The summed E-state index contributed by atoms with van der Waals surface area (Å²) in [6.45, 7) is 0.501. The maximum Gasteiger partial charge on any atom is 0.276 e. The minimum Gasteiger partial charge on any atom is -0.310 e. The quantitative estimate of drug-likeness (QED) is 0.535. The van der Waals surface area contributed by atoms with Crippen LogP contribution in [0.25, 0.3) is 6.08 Å². The first-order chi connectivity index (χ1) is 19.1. The molecule has 1 saturated carbocycles. The molecule has 7 heteroatoms. The molecule has 4 aliphatic rings. The molecular formula is C32H31N5O2. The summed E-state index contributed by atoms with van der Waals surface area (Å²) in [6, 6.07) is 16.0. The molecule has 2 aromatic heterocycles. The Morgan fingerprint density at radius 1 is 0.897 bits per heavy atom. The Bertz CT molecular complexity index is 1520. The average molecular weight is 518 g/mol. The van der Waals surface area contributed by atoms with E-state index in [9.17, 15) is 9.59 Å². The third kappa shape index (κ3) is 3.90. The summed E-state index contributed by atoms with van der Waals surface area (Å²) in [7, 11) is 0. The summed E-state index contributed by atoms with van der Waals surface area (Å²) in [5, 5.41) is 2.98. The molecule has 4 heterocycles. The Morgan fingerprint density at radius 3 is 2.54 bits per heavy atom. The van der Waals surface area contributed by atoms with Gasteiger partial charge in [0, 0.05) is 24.5 Å². The Balaban J connectivity index is 1.12. The van der Waals surface area contributed by atoms with Crippen molar-refractivity contribution in [3.8, 4) is 0 Å². The Labute approximate surface area is 228 Å². The van der Waals surface area contributed by atoms with Crippen LogP contribution in [0.4, 0.5) is 5.82 Å². The van der Waals surface area contributed by atoms with E-state index in [-0.39, 0.29) is 11.8 Å². The number of nitrogens with one attached hydrogen (secondary N) is 1. The number of rotatable bonds is 4. The van der Waals surface area contributed by atoms with Crippen molar-refractivity contribution < 1.29 is 9.59 Å². The fourth-order valence-electron chi connectivity index (χ4n) is 6.92. The van der Waals surface area contributed by atoms with Gasteiger partial charge in [0.05, 0.1) is 11.1 Å². The number of carbonyl (C=O) groups is 2. The van der Waals surface area contributed by atoms with E-state index in [0.717, 1.165) is 36.8 Å². The van der Waals surface area contributed by atoms with Gasteiger partial charge in [-0.15, -0.1) is 0 Å². The van der Waals surface area contributed by atoms with Crippen molar-refractivity contribution in [3.05, 3.63) is 94.9 Å². The summed E-state index contributed by atoms with van der Waals surface area (Å²) in [6.07, 6.45) is 15.3. The highest BCUT2D eigenvalue weighted by atomic mass is 16.2. The first-order valence-corrected chi connectivity index (χ1v) is 14.0. The molecule has 1 atom stereocenters. The second-order valence-corrected chi connectivity index (χ2v) is 11.2. The van der Waals surface area contributed by atoms with Gasteiger partial charge in [0.2, 0.25) is 5.91 Å². The zero-order valence-electron chi connectivity index (χ0n) is 21.9. The van der Waals surface area contributed by atoms with Gasteiger partial charge in [0.25, 0.3) is 5.91 Å². The molecule has 39 heavy (non-hydrogen) atoms. The van der Waals surface area contributed by atoms with Gasteiger partial charge in [-0.3, -0.25) is 14.6 Å². The van der Waals surface area contributed by atoms with E-state index in [0.29, 0.717) is 36.6 Å². The Hall–Kier alpha value is -4.13. The molecule has 2 aliphatic heterocycles. The number of pyridine rings is 2. The number of anilines is 1. The molecule has 7 nitrogen and oxygen atoms in total. The number of nitrogens with zero attached hydrogens (tertiary/aromatic N) is 4. The number of aliphatic imine (C=N–C) groups is 1. The predicted octanol–water partition coefficient (Wildman–Crippen LogP) is 4.86. The van der Waals surface area contributed by atoms with Crippen molar-refractivity contribution in [2.24, 2.45) is 4.99 Å². The van der Waals surface area contributed by atoms with E-state index in [1.54, 1.807) is 12.4 Å². The largest absolute Gasteiger partial charge is 0.310 e. The molecule has 196 valence electrons. The molecule has 0 saturated heterocycles. The van der Waals surface area contributed by atoms with E-state index in [4.69, 9.17) is 4.99 Å². The van der Waals surface area contributed by atoms with Crippen LogP contribution < -0.4 is 5.32 Å². The van der Waals surface area contributed by atoms with Gasteiger partial charge < -0.3 is 10.2 Å². The minimum absolute atomic E-state index is 0.0318. The van der Waals surface area contributed by atoms with Gasteiger partial charge in [0.15, 0.2) is 5.71 Å². The molecule has 1 N–H and O–H groups in total. The maximum atomic E-state index is 13.6. The minimum atomic E-state index is -0.568. The maximum absolute atomic E-state index is 13.6. The van der Waals surface area contributed by atoms with Crippen LogP contribution in [-0.4, -0.2) is 44.6 Å². The Kier molecular flexibility index (Phi) is 5.69. The molecule has 2 amide bonds. The lowest BCUT2D eigenvalue weighted by Gasteiger charge is -2.35. The number of hydrogen-bond donors (Lipinski definition) is 1. The number of benzene rings is 1. The molecule has 1 unspecified atom stereocenters. The normalized spacial score (nSPS) is 23.3. The highest BCUT2D eigenvalue weighted by molar-refractivity contribution is 6.46. The zero-order valence-corrected chi connectivity index (χ0v) is 21.9. The average Bonchev–Trinajstić information content (AvgIpc) is 3.48. The summed E-state index contributed by atoms with van der Waals surface area (Å²) >= 11 is 0. The number of aromatic nitrogens is 2. The van der Waals surface area contributed by atoms with Crippen LogP contribution >= 0.6 is 0 Å². The van der Waals surface area contributed by atoms with Crippen LogP contribution in [0.3, 0.4) is 0 Å². The molecule has 0 radical (unpaired) electrons. The van der Waals surface area contributed by atoms with Crippen molar-refractivity contribution >= 4 is 29.4 Å². The van der Waals surface area contributed by atoms with Crippen LogP contribution in [-0.2, 0) is 27.8 Å². The lowest BCUT2D eigenvalue weighted by atomic mass is 9.79. The second-order valence-electron chi connectivity index (χ2n) is 11.2. The van der Waals surface area contributed by atoms with Crippen LogP contribution in [0.15, 0.2) is 72.0 Å². The summed E-state index contributed by atoms with van der Waals surface area (Å²) in [5.74, 6) is 0.690. The van der Waals surface area contributed by atoms with Crippen LogP contribution in [0, 0.1) is 0 Å². The zero-order chi connectivity index (χ0) is 26.5. The Morgan fingerprint density at radius 2 is 1.72 bits per heavy atom. The second kappa shape index (κ2) is 9.26. The fourth-order valence-corrected chi connectivity index (χ4v) is 6.92. The molecule has 1 fully saturated rings.